The molecular formula is C46H78NO7+. The van der Waals surface area contributed by atoms with Gasteiger partial charge in [-0.15, -0.1) is 0 Å². The monoisotopic (exact) mass is 757 g/mol. The lowest BCUT2D eigenvalue weighted by molar-refractivity contribution is -0.887. The van der Waals surface area contributed by atoms with Crippen LogP contribution in [-0.4, -0.2) is 80.6 Å². The maximum atomic E-state index is 12.7. The van der Waals surface area contributed by atoms with Crippen molar-refractivity contribution in [1.29, 1.82) is 0 Å². The maximum Gasteiger partial charge on any atom is 0.362 e. The highest BCUT2D eigenvalue weighted by molar-refractivity contribution is 5.72. The largest absolute Gasteiger partial charge is 0.477 e. The van der Waals surface area contributed by atoms with E-state index in [1.165, 1.54) is 44.9 Å². The molecule has 0 spiro atoms. The smallest absolute Gasteiger partial charge is 0.362 e. The Morgan fingerprint density at radius 2 is 0.981 bits per heavy atom. The van der Waals surface area contributed by atoms with E-state index in [1.807, 2.05) is 21.1 Å². The Balaban J connectivity index is 4.41. The Morgan fingerprint density at radius 1 is 0.556 bits per heavy atom. The molecule has 0 fully saturated rings. The van der Waals surface area contributed by atoms with Crippen molar-refractivity contribution in [3.8, 4) is 0 Å². The number of carbonyl (C=O) groups is 3. The summed E-state index contributed by atoms with van der Waals surface area (Å²) in [6, 6.07) is -0.621. The molecule has 0 aliphatic rings. The zero-order valence-electron chi connectivity index (χ0n) is 34.9. The summed E-state index contributed by atoms with van der Waals surface area (Å²) >= 11 is 0. The highest BCUT2D eigenvalue weighted by atomic mass is 16.6. The molecule has 0 rings (SSSR count). The summed E-state index contributed by atoms with van der Waals surface area (Å²) in [6.45, 7) is 4.43. The van der Waals surface area contributed by atoms with Crippen LogP contribution in [0.3, 0.4) is 0 Å². The predicted octanol–water partition coefficient (Wildman–Crippen LogP) is 11.2. The first-order valence-corrected chi connectivity index (χ1v) is 21.0. The molecule has 8 heteroatoms. The van der Waals surface area contributed by atoms with Crippen LogP contribution in [0.4, 0.5) is 0 Å². The number of carboxylic acid groups (broad SMARTS) is 1. The summed E-state index contributed by atoms with van der Waals surface area (Å²) in [6.07, 6.45) is 45.1. The van der Waals surface area contributed by atoms with Gasteiger partial charge >= 0.3 is 17.9 Å². The predicted molar refractivity (Wildman–Crippen MR) is 224 cm³/mol. The number of unbranched alkanes of at least 4 members (excludes halogenated alkanes) is 14. The van der Waals surface area contributed by atoms with E-state index in [9.17, 15) is 19.5 Å². The van der Waals surface area contributed by atoms with Crippen LogP contribution in [0.15, 0.2) is 72.9 Å². The molecule has 0 aliphatic carbocycles. The Hall–Kier alpha value is -3.23. The number of esters is 2. The van der Waals surface area contributed by atoms with E-state index in [-0.39, 0.29) is 36.2 Å². The van der Waals surface area contributed by atoms with Crippen LogP contribution in [0.5, 0.6) is 0 Å². The average molecular weight is 757 g/mol. The fourth-order valence-corrected chi connectivity index (χ4v) is 5.74. The van der Waals surface area contributed by atoms with Gasteiger partial charge in [-0.2, -0.15) is 0 Å². The molecule has 0 radical (unpaired) electrons. The second-order valence-electron chi connectivity index (χ2n) is 15.0. The standard InChI is InChI=1S/C46H77NO7/c1-6-8-10-12-14-16-18-20-22-24-26-28-30-32-34-36-44(48)53-41-42(40-52-39-38-43(46(50)51)47(3,4)5)54-45(49)37-35-33-31-29-27-25-23-21-19-17-15-13-11-9-7-2/h8-19,42-43H,6-7,20-41H2,1-5H3/p+1/b10-8+,11-9+,14-12+,15-13+,18-16+,19-17+. The number of ether oxygens (including phenoxy) is 3. The van der Waals surface area contributed by atoms with Gasteiger partial charge < -0.3 is 23.8 Å². The molecule has 0 saturated carbocycles. The molecule has 0 heterocycles. The van der Waals surface area contributed by atoms with Crippen LogP contribution in [0.2, 0.25) is 0 Å². The third-order valence-corrected chi connectivity index (χ3v) is 8.97. The molecule has 2 unspecified atom stereocenters. The van der Waals surface area contributed by atoms with Crippen molar-refractivity contribution < 1.29 is 38.2 Å². The Morgan fingerprint density at radius 3 is 1.43 bits per heavy atom. The zero-order valence-corrected chi connectivity index (χ0v) is 34.9. The van der Waals surface area contributed by atoms with Gasteiger partial charge in [0.2, 0.25) is 0 Å². The number of carboxylic acids is 1. The number of aliphatic carboxylic acids is 1. The number of likely N-dealkylation sites (N-methyl/N-ethyl adjacent to an activating group) is 1. The van der Waals surface area contributed by atoms with Crippen LogP contribution < -0.4 is 0 Å². The summed E-state index contributed by atoms with van der Waals surface area (Å²) < 4.78 is 17.2. The molecule has 308 valence electrons. The molecule has 0 aliphatic heterocycles. The van der Waals surface area contributed by atoms with E-state index in [4.69, 9.17) is 14.2 Å². The lowest BCUT2D eigenvalue weighted by atomic mass is 10.1. The molecule has 8 nitrogen and oxygen atoms in total. The molecule has 2 atom stereocenters. The molecule has 0 bridgehead atoms. The summed E-state index contributed by atoms with van der Waals surface area (Å²) in [5.74, 6) is -1.51. The van der Waals surface area contributed by atoms with Gasteiger partial charge in [0.15, 0.2) is 12.1 Å². The van der Waals surface area contributed by atoms with Gasteiger partial charge in [-0.05, 0) is 51.4 Å². The minimum atomic E-state index is -0.883. The van der Waals surface area contributed by atoms with E-state index in [0.717, 1.165) is 70.6 Å². The lowest BCUT2D eigenvalue weighted by Gasteiger charge is -2.31. The van der Waals surface area contributed by atoms with Gasteiger partial charge in [0.25, 0.3) is 0 Å². The third-order valence-electron chi connectivity index (χ3n) is 8.97. The van der Waals surface area contributed by atoms with Crippen molar-refractivity contribution in [2.24, 2.45) is 0 Å². The SMILES string of the molecule is CC/C=C/C=C/C=C/CCCCCCCCCC(=O)OCC(COCCC(C(=O)O)[N+](C)(C)C)OC(=O)CCCCCCCCC/C=C/C=C/C=C/CC. The van der Waals surface area contributed by atoms with E-state index in [0.29, 0.717) is 19.3 Å². The summed E-state index contributed by atoms with van der Waals surface area (Å²) in [7, 11) is 5.51. The van der Waals surface area contributed by atoms with Crippen molar-refractivity contribution in [2.45, 2.75) is 161 Å². The van der Waals surface area contributed by atoms with E-state index in [1.54, 1.807) is 0 Å². The van der Waals surface area contributed by atoms with Gasteiger partial charge in [-0.25, -0.2) is 4.79 Å². The van der Waals surface area contributed by atoms with Gasteiger partial charge in [0, 0.05) is 19.3 Å². The fourth-order valence-electron chi connectivity index (χ4n) is 5.74. The highest BCUT2D eigenvalue weighted by Crippen LogP contribution is 2.14. The van der Waals surface area contributed by atoms with Gasteiger partial charge in [0.05, 0.1) is 34.4 Å². The number of nitrogens with zero attached hydrogens (tertiary/aromatic N) is 1. The first-order chi connectivity index (χ1) is 26.1. The molecule has 0 aromatic carbocycles. The minimum Gasteiger partial charge on any atom is -0.477 e. The van der Waals surface area contributed by atoms with Crippen LogP contribution in [0.1, 0.15) is 149 Å². The number of carbonyl (C=O) groups excluding carboxylic acids is 2. The van der Waals surface area contributed by atoms with E-state index < -0.39 is 18.1 Å². The fraction of sp³-hybridized carbons (Fsp3) is 0.674. The van der Waals surface area contributed by atoms with Crippen LogP contribution in [0, 0.1) is 0 Å². The number of quaternary nitrogens is 1. The number of allylic oxidation sites excluding steroid dienone is 12. The van der Waals surface area contributed by atoms with Crippen LogP contribution in [0.25, 0.3) is 0 Å². The summed E-state index contributed by atoms with van der Waals surface area (Å²) in [5, 5.41) is 9.61. The second-order valence-corrected chi connectivity index (χ2v) is 15.0. The maximum absolute atomic E-state index is 12.7. The quantitative estimate of drug-likeness (QED) is 0.0294. The van der Waals surface area contributed by atoms with Crippen molar-refractivity contribution in [1.82, 2.24) is 0 Å². The molecule has 0 amide bonds. The van der Waals surface area contributed by atoms with Gasteiger partial charge in [-0.3, -0.25) is 9.59 Å². The number of hydrogen-bond acceptors (Lipinski definition) is 6. The van der Waals surface area contributed by atoms with Crippen LogP contribution in [-0.2, 0) is 28.6 Å². The van der Waals surface area contributed by atoms with Gasteiger partial charge in [0.1, 0.15) is 6.61 Å². The molecule has 1 N–H and O–H groups in total. The number of rotatable bonds is 36. The number of hydrogen-bond donors (Lipinski definition) is 1. The average Bonchev–Trinajstić information content (AvgIpc) is 3.12. The van der Waals surface area contributed by atoms with E-state index >= 15 is 0 Å². The third kappa shape index (κ3) is 34.5. The molecule has 0 saturated heterocycles. The van der Waals surface area contributed by atoms with Crippen molar-refractivity contribution in [2.75, 3.05) is 41.0 Å². The lowest BCUT2D eigenvalue weighted by Crippen LogP contribution is -2.50. The van der Waals surface area contributed by atoms with Crippen molar-refractivity contribution in [3.63, 3.8) is 0 Å². The Labute approximate surface area is 330 Å². The Kier molecular flexibility index (Phi) is 34.5. The highest BCUT2D eigenvalue weighted by Gasteiger charge is 2.31. The Bertz CT molecular complexity index is 1110. The summed E-state index contributed by atoms with van der Waals surface area (Å²) in [5.41, 5.74) is 0. The van der Waals surface area contributed by atoms with Crippen molar-refractivity contribution in [3.05, 3.63) is 72.9 Å². The van der Waals surface area contributed by atoms with Crippen molar-refractivity contribution >= 4 is 17.9 Å². The first-order valence-electron chi connectivity index (χ1n) is 21.0. The normalized spacial score (nSPS) is 13.7. The first kappa shape index (κ1) is 50.8. The topological polar surface area (TPSA) is 99.1 Å². The van der Waals surface area contributed by atoms with Gasteiger partial charge in [-0.1, -0.05) is 151 Å². The van der Waals surface area contributed by atoms with Crippen LogP contribution >= 0.6 is 0 Å². The summed E-state index contributed by atoms with van der Waals surface area (Å²) in [4.78, 5) is 36.9. The molecule has 54 heavy (non-hydrogen) atoms. The van der Waals surface area contributed by atoms with E-state index in [2.05, 4.69) is 86.8 Å². The molecular weight excluding hydrogens is 679 g/mol. The molecule has 0 aromatic rings. The minimum absolute atomic E-state index is 0.0483. The zero-order chi connectivity index (χ0) is 40.0. The molecule has 0 aromatic heterocycles. The second kappa shape index (κ2) is 36.7.